The lowest BCUT2D eigenvalue weighted by molar-refractivity contribution is 0.0963. The molecule has 1 aromatic carbocycles. The summed E-state index contributed by atoms with van der Waals surface area (Å²) in [4.78, 5) is 15.8. The molecule has 0 atom stereocenters. The lowest BCUT2D eigenvalue weighted by atomic mass is 10.1. The molecule has 2 rings (SSSR count). The van der Waals surface area contributed by atoms with Crippen LogP contribution in [0.4, 0.5) is 11.4 Å². The summed E-state index contributed by atoms with van der Waals surface area (Å²) in [6, 6.07) is 5.20. The van der Waals surface area contributed by atoms with Crippen LogP contribution in [0.3, 0.4) is 0 Å². The molecule has 0 bridgehead atoms. The smallest absolute Gasteiger partial charge is 0.251 e. The number of benzene rings is 1. The van der Waals surface area contributed by atoms with Crippen LogP contribution in [-0.4, -0.2) is 24.5 Å². The Morgan fingerprint density at radius 3 is 3.00 bits per heavy atom. The van der Waals surface area contributed by atoms with E-state index in [0.29, 0.717) is 11.3 Å². The first-order chi connectivity index (χ1) is 9.20. The largest absolute Gasteiger partial charge is 0.397 e. The number of rotatable bonds is 5. The second-order valence-corrected chi connectivity index (χ2v) is 4.76. The van der Waals surface area contributed by atoms with Crippen molar-refractivity contribution in [1.29, 1.82) is 0 Å². The van der Waals surface area contributed by atoms with Crippen molar-refractivity contribution in [3.63, 3.8) is 0 Å². The fraction of sp³-hybridized carbons (Fsp3) is 0.231. The minimum Gasteiger partial charge on any atom is -0.397 e. The predicted molar refractivity (Wildman–Crippen MR) is 78.6 cm³/mol. The molecule has 4 N–H and O–H groups in total. The summed E-state index contributed by atoms with van der Waals surface area (Å²) in [5.74, 6) is -0.123. The molecule has 0 unspecified atom stereocenters. The number of nitrogens with two attached hydrogens (primary N) is 1. The number of hydrogen-bond acceptors (Lipinski definition) is 5. The molecule has 5 nitrogen and oxygen atoms in total. The van der Waals surface area contributed by atoms with Crippen molar-refractivity contribution >= 4 is 28.6 Å². The molecule has 19 heavy (non-hydrogen) atoms. The van der Waals surface area contributed by atoms with E-state index in [-0.39, 0.29) is 5.91 Å². The number of aromatic nitrogens is 1. The summed E-state index contributed by atoms with van der Waals surface area (Å²) < 4.78 is 0. The van der Waals surface area contributed by atoms with E-state index in [2.05, 4.69) is 15.6 Å². The number of hydrogen-bond donors (Lipinski definition) is 3. The van der Waals surface area contributed by atoms with Crippen LogP contribution in [0.5, 0.6) is 0 Å². The van der Waals surface area contributed by atoms with E-state index in [1.807, 2.05) is 10.9 Å². The van der Waals surface area contributed by atoms with Crippen LogP contribution in [0.15, 0.2) is 29.1 Å². The van der Waals surface area contributed by atoms with Gasteiger partial charge in [-0.3, -0.25) is 4.79 Å². The standard InChI is InChI=1S/C13H16N4OS/c1-15-13(18)9-2-3-11(14)12(6-9)16-5-4-10-7-19-8-17-10/h2-3,6-8,16H,4-5,14H2,1H3,(H,15,18). The first kappa shape index (κ1) is 13.4. The van der Waals surface area contributed by atoms with Gasteiger partial charge in [0.25, 0.3) is 5.91 Å². The summed E-state index contributed by atoms with van der Waals surface area (Å²) in [6.07, 6.45) is 0.827. The highest BCUT2D eigenvalue weighted by atomic mass is 32.1. The van der Waals surface area contributed by atoms with Gasteiger partial charge in [-0.2, -0.15) is 0 Å². The first-order valence-electron chi connectivity index (χ1n) is 5.93. The van der Waals surface area contributed by atoms with E-state index in [4.69, 9.17) is 5.73 Å². The number of amides is 1. The van der Waals surface area contributed by atoms with Crippen LogP contribution in [0.2, 0.25) is 0 Å². The monoisotopic (exact) mass is 276 g/mol. The van der Waals surface area contributed by atoms with Crippen molar-refractivity contribution in [3.05, 3.63) is 40.3 Å². The maximum absolute atomic E-state index is 11.5. The Kier molecular flexibility index (Phi) is 4.35. The third-order valence-electron chi connectivity index (χ3n) is 2.72. The molecule has 0 saturated carbocycles. The van der Waals surface area contributed by atoms with Gasteiger partial charge in [-0.15, -0.1) is 11.3 Å². The van der Waals surface area contributed by atoms with Gasteiger partial charge < -0.3 is 16.4 Å². The number of nitrogens with one attached hydrogen (secondary N) is 2. The SMILES string of the molecule is CNC(=O)c1ccc(N)c(NCCc2cscn2)c1. The summed E-state index contributed by atoms with van der Waals surface area (Å²) >= 11 is 1.58. The lowest BCUT2D eigenvalue weighted by Crippen LogP contribution is -2.18. The van der Waals surface area contributed by atoms with Gasteiger partial charge in [0, 0.05) is 31.0 Å². The van der Waals surface area contributed by atoms with Gasteiger partial charge in [0.15, 0.2) is 0 Å². The molecule has 0 radical (unpaired) electrons. The molecule has 1 amide bonds. The molecule has 0 aliphatic carbocycles. The van der Waals surface area contributed by atoms with E-state index in [1.54, 1.807) is 36.6 Å². The van der Waals surface area contributed by atoms with Gasteiger partial charge in [-0.25, -0.2) is 4.98 Å². The quantitative estimate of drug-likeness (QED) is 0.727. The Morgan fingerprint density at radius 2 is 2.32 bits per heavy atom. The average Bonchev–Trinajstić information content (AvgIpc) is 2.93. The third kappa shape index (κ3) is 3.45. The summed E-state index contributed by atoms with van der Waals surface area (Å²) in [5, 5.41) is 7.84. The lowest BCUT2D eigenvalue weighted by Gasteiger charge is -2.10. The fourth-order valence-corrected chi connectivity index (χ4v) is 2.27. The third-order valence-corrected chi connectivity index (χ3v) is 3.36. The van der Waals surface area contributed by atoms with Crippen molar-refractivity contribution in [2.75, 3.05) is 24.6 Å². The Labute approximate surface area is 115 Å². The normalized spacial score (nSPS) is 10.2. The molecular formula is C13H16N4OS. The number of nitrogens with zero attached hydrogens (tertiary/aromatic N) is 1. The van der Waals surface area contributed by atoms with Gasteiger partial charge in [-0.1, -0.05) is 0 Å². The zero-order chi connectivity index (χ0) is 13.7. The molecule has 1 aromatic heterocycles. The maximum Gasteiger partial charge on any atom is 0.251 e. The van der Waals surface area contributed by atoms with Gasteiger partial charge in [0.05, 0.1) is 22.6 Å². The highest BCUT2D eigenvalue weighted by molar-refractivity contribution is 7.07. The van der Waals surface area contributed by atoms with Gasteiger partial charge >= 0.3 is 0 Å². The van der Waals surface area contributed by atoms with Crippen molar-refractivity contribution < 1.29 is 4.79 Å². The first-order valence-corrected chi connectivity index (χ1v) is 6.87. The van der Waals surface area contributed by atoms with Crippen LogP contribution in [-0.2, 0) is 6.42 Å². The van der Waals surface area contributed by atoms with E-state index >= 15 is 0 Å². The second-order valence-electron chi connectivity index (χ2n) is 4.04. The van der Waals surface area contributed by atoms with E-state index < -0.39 is 0 Å². The molecule has 6 heteroatoms. The number of thiazole rings is 1. The molecule has 2 aromatic rings. The number of nitrogen functional groups attached to an aromatic ring is 1. The van der Waals surface area contributed by atoms with Crippen molar-refractivity contribution in [2.24, 2.45) is 0 Å². The predicted octanol–water partition coefficient (Wildman–Crippen LogP) is 1.74. The topological polar surface area (TPSA) is 80.0 Å². The minimum absolute atomic E-state index is 0.123. The second kappa shape index (κ2) is 6.19. The highest BCUT2D eigenvalue weighted by Crippen LogP contribution is 2.20. The minimum atomic E-state index is -0.123. The van der Waals surface area contributed by atoms with Crippen LogP contribution in [0, 0.1) is 0 Å². The Balaban J connectivity index is 2.00. The van der Waals surface area contributed by atoms with Crippen LogP contribution >= 0.6 is 11.3 Å². The summed E-state index contributed by atoms with van der Waals surface area (Å²) in [5.41, 5.74) is 10.7. The van der Waals surface area contributed by atoms with Crippen molar-refractivity contribution in [1.82, 2.24) is 10.3 Å². The Hall–Kier alpha value is -2.08. The molecule has 0 spiro atoms. The molecule has 1 heterocycles. The molecule has 0 saturated heterocycles. The number of carbonyl (C=O) groups is 1. The maximum atomic E-state index is 11.5. The zero-order valence-corrected chi connectivity index (χ0v) is 11.5. The van der Waals surface area contributed by atoms with Crippen molar-refractivity contribution in [2.45, 2.75) is 6.42 Å². The van der Waals surface area contributed by atoms with Crippen LogP contribution < -0.4 is 16.4 Å². The van der Waals surface area contributed by atoms with Gasteiger partial charge in [0.2, 0.25) is 0 Å². The van der Waals surface area contributed by atoms with E-state index in [1.165, 1.54) is 0 Å². The highest BCUT2D eigenvalue weighted by Gasteiger charge is 2.06. The molecule has 0 fully saturated rings. The molecular weight excluding hydrogens is 260 g/mol. The zero-order valence-electron chi connectivity index (χ0n) is 10.6. The van der Waals surface area contributed by atoms with Gasteiger partial charge in [0.1, 0.15) is 0 Å². The fourth-order valence-electron chi connectivity index (χ4n) is 1.68. The van der Waals surface area contributed by atoms with Gasteiger partial charge in [-0.05, 0) is 18.2 Å². The van der Waals surface area contributed by atoms with Crippen molar-refractivity contribution in [3.8, 4) is 0 Å². The Bertz CT molecular complexity index is 554. The average molecular weight is 276 g/mol. The number of carbonyl (C=O) groups excluding carboxylic acids is 1. The molecule has 100 valence electrons. The summed E-state index contributed by atoms with van der Waals surface area (Å²) in [6.45, 7) is 0.727. The van der Waals surface area contributed by atoms with E-state index in [9.17, 15) is 4.79 Å². The van der Waals surface area contributed by atoms with E-state index in [0.717, 1.165) is 24.3 Å². The van der Waals surface area contributed by atoms with Crippen LogP contribution in [0.25, 0.3) is 0 Å². The molecule has 0 aliphatic rings. The summed E-state index contributed by atoms with van der Waals surface area (Å²) in [7, 11) is 1.61. The Morgan fingerprint density at radius 1 is 1.47 bits per heavy atom. The molecule has 0 aliphatic heterocycles. The van der Waals surface area contributed by atoms with Crippen LogP contribution in [0.1, 0.15) is 16.1 Å². The number of anilines is 2.